The van der Waals surface area contributed by atoms with Gasteiger partial charge in [0.2, 0.25) is 0 Å². The number of benzene rings is 2. The molecule has 0 saturated heterocycles. The van der Waals surface area contributed by atoms with E-state index in [1.807, 2.05) is 44.3 Å². The first-order valence-corrected chi connectivity index (χ1v) is 6.23. The molecule has 0 bridgehead atoms. The molecule has 3 heteroatoms. The van der Waals surface area contributed by atoms with Crippen LogP contribution >= 0.6 is 11.6 Å². The third kappa shape index (κ3) is 2.59. The summed E-state index contributed by atoms with van der Waals surface area (Å²) in [4.78, 5) is 2.10. The number of hydrogen-bond donors (Lipinski definition) is 1. The second kappa shape index (κ2) is 5.32. The zero-order chi connectivity index (χ0) is 13.1. The smallest absolute Gasteiger partial charge is 0.120 e. The molecule has 2 aromatic rings. The van der Waals surface area contributed by atoms with Gasteiger partial charge in [-0.3, -0.25) is 0 Å². The number of aromatic hydroxyl groups is 1. The van der Waals surface area contributed by atoms with Gasteiger partial charge in [-0.2, -0.15) is 0 Å². The molecular formula is C15H16ClNO. The summed E-state index contributed by atoms with van der Waals surface area (Å²) in [6.45, 7) is 2.04. The maximum Gasteiger partial charge on any atom is 0.120 e. The van der Waals surface area contributed by atoms with E-state index in [-0.39, 0.29) is 11.8 Å². The molecule has 2 nitrogen and oxygen atoms in total. The van der Waals surface area contributed by atoms with E-state index in [4.69, 9.17) is 11.6 Å². The second-order valence-electron chi connectivity index (χ2n) is 4.33. The zero-order valence-electron chi connectivity index (χ0n) is 10.5. The number of rotatable bonds is 3. The maximum atomic E-state index is 9.92. The van der Waals surface area contributed by atoms with Gasteiger partial charge in [-0.15, -0.1) is 0 Å². The highest BCUT2D eigenvalue weighted by molar-refractivity contribution is 6.30. The molecule has 0 amide bonds. The van der Waals surface area contributed by atoms with Crippen LogP contribution in [0.3, 0.4) is 0 Å². The van der Waals surface area contributed by atoms with Crippen molar-refractivity contribution >= 4 is 17.3 Å². The first-order chi connectivity index (χ1) is 8.59. The average Bonchev–Trinajstić information content (AvgIpc) is 2.41. The fourth-order valence-electron chi connectivity index (χ4n) is 1.96. The maximum absolute atomic E-state index is 9.92. The summed E-state index contributed by atoms with van der Waals surface area (Å²) in [7, 11) is 2.00. The van der Waals surface area contributed by atoms with Gasteiger partial charge in [-0.25, -0.2) is 0 Å². The summed E-state index contributed by atoms with van der Waals surface area (Å²) >= 11 is 5.98. The van der Waals surface area contributed by atoms with Crippen LogP contribution in [0.25, 0.3) is 0 Å². The van der Waals surface area contributed by atoms with Crippen molar-refractivity contribution in [1.82, 2.24) is 0 Å². The van der Waals surface area contributed by atoms with Crippen molar-refractivity contribution in [2.75, 3.05) is 11.9 Å². The third-order valence-corrected chi connectivity index (χ3v) is 3.42. The van der Waals surface area contributed by atoms with Gasteiger partial charge in [0, 0.05) is 23.3 Å². The predicted molar refractivity (Wildman–Crippen MR) is 76.4 cm³/mol. The number of phenols is 1. The summed E-state index contributed by atoms with van der Waals surface area (Å²) in [5.41, 5.74) is 1.93. The number of anilines is 1. The van der Waals surface area contributed by atoms with Crippen molar-refractivity contribution in [1.29, 1.82) is 0 Å². The van der Waals surface area contributed by atoms with Crippen LogP contribution in [0, 0.1) is 0 Å². The lowest BCUT2D eigenvalue weighted by Gasteiger charge is -2.28. The van der Waals surface area contributed by atoms with Crippen LogP contribution < -0.4 is 4.90 Å². The third-order valence-electron chi connectivity index (χ3n) is 3.18. The average molecular weight is 262 g/mol. The summed E-state index contributed by atoms with van der Waals surface area (Å²) in [6.07, 6.45) is 0. The van der Waals surface area contributed by atoms with Crippen LogP contribution in [0.5, 0.6) is 5.75 Å². The number of nitrogens with zero attached hydrogens (tertiary/aromatic N) is 1. The number of para-hydroxylation sites is 1. The molecule has 0 heterocycles. The lowest BCUT2D eigenvalue weighted by Crippen LogP contribution is -2.21. The Balaban J connectivity index is 2.31. The van der Waals surface area contributed by atoms with Crippen LogP contribution in [-0.2, 0) is 0 Å². The van der Waals surface area contributed by atoms with Gasteiger partial charge in [0.05, 0.1) is 6.04 Å². The van der Waals surface area contributed by atoms with E-state index in [9.17, 15) is 5.11 Å². The standard InChI is InChI=1S/C15H16ClNO/c1-11(14-10-12(16)8-9-15(14)18)17(2)13-6-4-3-5-7-13/h3-11,18H,1-2H3. The van der Waals surface area contributed by atoms with Gasteiger partial charge >= 0.3 is 0 Å². The molecule has 1 atom stereocenters. The molecule has 0 aliphatic heterocycles. The molecule has 94 valence electrons. The van der Waals surface area contributed by atoms with Gasteiger partial charge < -0.3 is 10.0 Å². The first-order valence-electron chi connectivity index (χ1n) is 5.86. The van der Waals surface area contributed by atoms with Crippen molar-refractivity contribution in [3.8, 4) is 5.75 Å². The van der Waals surface area contributed by atoms with E-state index in [1.165, 1.54) is 0 Å². The highest BCUT2D eigenvalue weighted by atomic mass is 35.5. The highest BCUT2D eigenvalue weighted by Crippen LogP contribution is 2.32. The van der Waals surface area contributed by atoms with Crippen LogP contribution in [0.4, 0.5) is 5.69 Å². The summed E-state index contributed by atoms with van der Waals surface area (Å²) in [5, 5.41) is 10.6. The second-order valence-corrected chi connectivity index (χ2v) is 4.76. The minimum absolute atomic E-state index is 0.0473. The molecule has 2 rings (SSSR count). The van der Waals surface area contributed by atoms with E-state index in [0.717, 1.165) is 11.3 Å². The Labute approximate surface area is 112 Å². The molecule has 1 N–H and O–H groups in total. The number of phenolic OH excluding ortho intramolecular Hbond substituents is 1. The number of halogens is 1. The zero-order valence-corrected chi connectivity index (χ0v) is 11.2. The lowest BCUT2D eigenvalue weighted by atomic mass is 10.1. The lowest BCUT2D eigenvalue weighted by molar-refractivity contribution is 0.462. The molecule has 0 aliphatic carbocycles. The normalized spacial score (nSPS) is 12.2. The van der Waals surface area contributed by atoms with Gasteiger partial charge in [-0.05, 0) is 37.3 Å². The molecule has 2 aromatic carbocycles. The van der Waals surface area contributed by atoms with Crippen molar-refractivity contribution in [2.24, 2.45) is 0 Å². The van der Waals surface area contributed by atoms with E-state index < -0.39 is 0 Å². The van der Waals surface area contributed by atoms with Crippen molar-refractivity contribution in [2.45, 2.75) is 13.0 Å². The minimum Gasteiger partial charge on any atom is -0.508 e. The molecule has 0 aliphatic rings. The fourth-order valence-corrected chi connectivity index (χ4v) is 2.14. The van der Waals surface area contributed by atoms with Crippen LogP contribution in [0.1, 0.15) is 18.5 Å². The molecular weight excluding hydrogens is 246 g/mol. The Morgan fingerprint density at radius 2 is 1.78 bits per heavy atom. The van der Waals surface area contributed by atoms with E-state index in [2.05, 4.69) is 4.90 Å². The highest BCUT2D eigenvalue weighted by Gasteiger charge is 2.16. The fraction of sp³-hybridized carbons (Fsp3) is 0.200. The SMILES string of the molecule is CC(c1cc(Cl)ccc1O)N(C)c1ccccc1. The van der Waals surface area contributed by atoms with Gasteiger partial charge in [0.15, 0.2) is 0 Å². The first kappa shape index (κ1) is 12.8. The van der Waals surface area contributed by atoms with Crippen molar-refractivity contribution in [3.05, 3.63) is 59.1 Å². The molecule has 18 heavy (non-hydrogen) atoms. The van der Waals surface area contributed by atoms with Gasteiger partial charge in [0.25, 0.3) is 0 Å². The Kier molecular flexibility index (Phi) is 3.78. The Morgan fingerprint density at radius 3 is 2.44 bits per heavy atom. The van der Waals surface area contributed by atoms with Crippen molar-refractivity contribution in [3.63, 3.8) is 0 Å². The molecule has 1 unspecified atom stereocenters. The molecule has 0 spiro atoms. The Bertz CT molecular complexity index is 527. The number of hydrogen-bond acceptors (Lipinski definition) is 2. The van der Waals surface area contributed by atoms with Crippen LogP contribution in [0.15, 0.2) is 48.5 Å². The summed E-state index contributed by atoms with van der Waals surface area (Å²) in [5.74, 6) is 0.273. The molecule has 0 radical (unpaired) electrons. The monoisotopic (exact) mass is 261 g/mol. The van der Waals surface area contributed by atoms with Gasteiger partial charge in [0.1, 0.15) is 5.75 Å². The van der Waals surface area contributed by atoms with E-state index >= 15 is 0 Å². The molecule has 0 saturated carbocycles. The van der Waals surface area contributed by atoms with Crippen molar-refractivity contribution < 1.29 is 5.11 Å². The van der Waals surface area contributed by atoms with Crippen LogP contribution in [-0.4, -0.2) is 12.2 Å². The Morgan fingerprint density at radius 1 is 1.11 bits per heavy atom. The molecule has 0 aromatic heterocycles. The minimum atomic E-state index is 0.0473. The van der Waals surface area contributed by atoms with E-state index in [1.54, 1.807) is 18.2 Å². The van der Waals surface area contributed by atoms with Gasteiger partial charge in [-0.1, -0.05) is 29.8 Å². The summed E-state index contributed by atoms with van der Waals surface area (Å²) < 4.78 is 0. The largest absolute Gasteiger partial charge is 0.508 e. The quantitative estimate of drug-likeness (QED) is 0.893. The Hall–Kier alpha value is -1.67. The van der Waals surface area contributed by atoms with E-state index in [0.29, 0.717) is 5.02 Å². The van der Waals surface area contributed by atoms with Crippen LogP contribution in [0.2, 0.25) is 5.02 Å². The predicted octanol–water partition coefficient (Wildman–Crippen LogP) is 4.24. The molecule has 0 fully saturated rings. The topological polar surface area (TPSA) is 23.5 Å². The summed E-state index contributed by atoms with van der Waals surface area (Å²) in [6, 6.07) is 15.2.